The maximum Gasteiger partial charge on any atom is 0.490 e. The highest BCUT2D eigenvalue weighted by atomic mass is 31.3. The molecule has 79 heavy (non-hydrogen) atoms. The molecule has 3 fully saturated rings. The summed E-state index contributed by atoms with van der Waals surface area (Å²) >= 11 is 0. The number of aryl methyl sites for hydroxylation is 1. The predicted octanol–water partition coefficient (Wildman–Crippen LogP) is -3.95. The molecule has 0 saturated carbocycles. The number of aromatic nitrogens is 10. The number of imidazole rings is 2. The van der Waals surface area contributed by atoms with E-state index >= 15 is 0 Å². The molecule has 38 nitrogen and oxygen atoms in total. The Morgan fingerprint density at radius 1 is 0.861 bits per heavy atom. The van der Waals surface area contributed by atoms with Gasteiger partial charge in [-0.1, -0.05) is 18.3 Å². The van der Waals surface area contributed by atoms with Gasteiger partial charge >= 0.3 is 34.8 Å². The number of nitrogens with two attached hydrogens (primary N) is 2. The zero-order chi connectivity index (χ0) is 57.5. The average molecular weight is 1200 g/mol. The number of carbonyl (C=O) groups excluding carboxylic acids is 1. The van der Waals surface area contributed by atoms with E-state index in [1.807, 2.05) is 11.9 Å². The van der Waals surface area contributed by atoms with Crippen molar-refractivity contribution in [3.63, 3.8) is 0 Å². The molecule has 0 aromatic carbocycles. The van der Waals surface area contributed by atoms with E-state index in [-0.39, 0.29) is 40.6 Å². The van der Waals surface area contributed by atoms with Crippen molar-refractivity contribution in [1.82, 2.24) is 48.9 Å². The van der Waals surface area contributed by atoms with Crippen molar-refractivity contribution in [2.24, 2.45) is 13.0 Å². The Labute approximate surface area is 441 Å². The molecule has 5 unspecified atom stereocenters. The van der Waals surface area contributed by atoms with Gasteiger partial charge in [0, 0.05) is 38.3 Å². The van der Waals surface area contributed by atoms with Gasteiger partial charge in [-0.2, -0.15) is 8.62 Å². The fourth-order valence-electron chi connectivity index (χ4n) is 8.81. The number of nitrogen functional groups attached to an aromatic ring is 2. The van der Waals surface area contributed by atoms with Gasteiger partial charge in [0.05, 0.1) is 39.3 Å². The standard InChI is InChI=1S/C37H53N13O25P4/c1-4-5-7-40-21(52)9-16-17(70-33(24(16)53)50-15-47(2)23-31(50)45-36(39)46-32(23)56)10-68-77(60,61)74-79(64,65)75-78(62,63)69-12-19-27(28(66-3)35(72-19)49-14-43-22-29(38)41-13-42-30(22)49)73-76(58,59)67-11-18-25(54)26(55)34(71-18)48-8-6-20(51)44-37(48)57/h6,8,13-19,24-28,33-35,53-55H,4-5,7,9-12H2,1-3H3,(H10-,38,39,40,41,42,44,45,46,51,52,56,57,58,59,60,61,62,63,64,65)/t16-,17-,18-,19-,24-,25-,26-,27-,28-,33?,34-,35-/m1/s1. The number of phosphoric acid groups is 4. The summed E-state index contributed by atoms with van der Waals surface area (Å²) < 4.78 is 109. The van der Waals surface area contributed by atoms with E-state index in [0.29, 0.717) is 11.0 Å². The van der Waals surface area contributed by atoms with E-state index in [2.05, 4.69) is 38.9 Å². The monoisotopic (exact) mass is 1200 g/mol. The van der Waals surface area contributed by atoms with Crippen molar-refractivity contribution in [3.8, 4) is 0 Å². The molecule has 3 aliphatic heterocycles. The van der Waals surface area contributed by atoms with Gasteiger partial charge in [-0.3, -0.25) is 51.7 Å². The SMILES string of the molecule is CCCCNC(=O)C[C@@H]1[C@@H](COP(=O)(O)OP(=O)(O)OP(=O)(O)OC[C@H]2O[C@@H](n3cnc4c(N)ncnc43)[C@H](OC)[C@@H]2OP(=O)([O-])OC[C@H]2O[C@@H](n3ccc(=O)[nH]c3=O)[C@H](O)[C@@H]2O)OC([n+]2cn(C)c3c(=O)[nH]c(N)nc32)[C@@H]1O. The first kappa shape index (κ1) is 60.0. The number of rotatable bonds is 24. The topological polar surface area (TPSA) is 539 Å². The number of ether oxygens (including phenoxy) is 4. The van der Waals surface area contributed by atoms with E-state index in [0.717, 1.165) is 38.4 Å². The van der Waals surface area contributed by atoms with Crippen LogP contribution in [-0.4, -0.2) is 162 Å². The molecule has 3 aliphatic rings. The molecule has 5 aromatic heterocycles. The van der Waals surface area contributed by atoms with Gasteiger partial charge in [0.1, 0.15) is 54.6 Å². The van der Waals surface area contributed by atoms with E-state index < -0.39 is 154 Å². The number of nitrogens with one attached hydrogen (secondary N) is 3. The second kappa shape index (κ2) is 23.8. The third-order valence-electron chi connectivity index (χ3n) is 12.4. The number of aliphatic hydroxyl groups is 3. The highest BCUT2D eigenvalue weighted by Crippen LogP contribution is 2.68. The summed E-state index contributed by atoms with van der Waals surface area (Å²) in [5, 5.41) is 35.5. The van der Waals surface area contributed by atoms with Crippen LogP contribution in [-0.2, 0) is 75.8 Å². The molecule has 3 saturated heterocycles. The van der Waals surface area contributed by atoms with Crippen molar-refractivity contribution in [2.75, 3.05) is 44.9 Å². The summed E-state index contributed by atoms with van der Waals surface area (Å²) in [4.78, 5) is 115. The van der Waals surface area contributed by atoms with Crippen molar-refractivity contribution < 1.29 is 108 Å². The fourth-order valence-corrected chi connectivity index (χ4v) is 13.3. The summed E-state index contributed by atoms with van der Waals surface area (Å²) in [5.74, 6) is -2.24. The van der Waals surface area contributed by atoms with Gasteiger partial charge in [-0.05, 0) is 6.42 Å². The van der Waals surface area contributed by atoms with Gasteiger partial charge in [0.25, 0.3) is 24.9 Å². The van der Waals surface area contributed by atoms with Gasteiger partial charge in [0.15, 0.2) is 30.2 Å². The number of H-pyrrole nitrogens is 2. The number of nitrogens with zero attached hydrogens (tertiary/aromatic N) is 8. The molecule has 0 radical (unpaired) electrons. The quantitative estimate of drug-likeness (QED) is 0.0160. The Kier molecular flexibility index (Phi) is 18.1. The first-order valence-electron chi connectivity index (χ1n) is 23.3. The average Bonchev–Trinajstić information content (AvgIpc) is 4.16. The van der Waals surface area contributed by atoms with E-state index in [1.165, 1.54) is 27.1 Å². The molecule has 436 valence electrons. The van der Waals surface area contributed by atoms with Crippen LogP contribution in [0.3, 0.4) is 0 Å². The van der Waals surface area contributed by atoms with Crippen LogP contribution in [0.2, 0.25) is 0 Å². The Hall–Kier alpha value is -5.11. The molecule has 16 atom stereocenters. The minimum absolute atomic E-state index is 0.0102. The fraction of sp³-hybridized carbons (Fsp3) is 0.595. The molecular formula is C37H53N13O25P4. The molecule has 8 heterocycles. The lowest BCUT2D eigenvalue weighted by Crippen LogP contribution is -2.45. The molecule has 0 aliphatic carbocycles. The van der Waals surface area contributed by atoms with Crippen LogP contribution in [0.4, 0.5) is 11.8 Å². The normalized spacial score (nSPS) is 29.3. The molecular weight excluding hydrogens is 1150 g/mol. The maximum atomic E-state index is 13.5. The molecule has 42 heteroatoms. The number of aromatic amines is 2. The lowest BCUT2D eigenvalue weighted by atomic mass is 9.94. The minimum atomic E-state index is -6.25. The third-order valence-corrected chi connectivity index (χ3v) is 17.6. The highest BCUT2D eigenvalue weighted by molar-refractivity contribution is 7.66. The van der Waals surface area contributed by atoms with Gasteiger partial charge in [0.2, 0.25) is 17.7 Å². The number of fused-ring (bicyclic) bond motifs is 2. The van der Waals surface area contributed by atoms with E-state index in [9.17, 15) is 72.3 Å². The lowest BCUT2D eigenvalue weighted by Gasteiger charge is -2.31. The van der Waals surface area contributed by atoms with Crippen molar-refractivity contribution in [1.29, 1.82) is 0 Å². The number of amides is 1. The Bertz CT molecular complexity index is 3430. The highest BCUT2D eigenvalue weighted by Gasteiger charge is 2.53. The predicted molar refractivity (Wildman–Crippen MR) is 256 cm³/mol. The van der Waals surface area contributed by atoms with Crippen LogP contribution in [0.1, 0.15) is 44.9 Å². The number of hydrogen-bond acceptors (Lipinski definition) is 28. The van der Waals surface area contributed by atoms with Crippen LogP contribution >= 0.6 is 31.3 Å². The third kappa shape index (κ3) is 13.5. The Balaban J connectivity index is 0.950. The zero-order valence-corrected chi connectivity index (χ0v) is 44.8. The van der Waals surface area contributed by atoms with E-state index in [1.54, 1.807) is 0 Å². The summed E-state index contributed by atoms with van der Waals surface area (Å²) in [5.41, 5.74) is 9.12. The summed E-state index contributed by atoms with van der Waals surface area (Å²) in [6, 6.07) is 0.912. The number of unbranched alkanes of at least 4 members (excludes halogenated alkanes) is 1. The number of anilines is 2. The smallest absolute Gasteiger partial charge is 0.490 e. The molecule has 0 spiro atoms. The summed E-state index contributed by atoms with van der Waals surface area (Å²) in [6.45, 7) is -1.32. The Morgan fingerprint density at radius 3 is 2.20 bits per heavy atom. The first-order valence-corrected chi connectivity index (χ1v) is 29.2. The Morgan fingerprint density at radius 2 is 1.53 bits per heavy atom. The number of methoxy groups -OCH3 is 1. The van der Waals surface area contributed by atoms with Crippen molar-refractivity contribution >= 4 is 71.3 Å². The van der Waals surface area contributed by atoms with E-state index in [4.69, 9.17) is 48.5 Å². The summed E-state index contributed by atoms with van der Waals surface area (Å²) in [6.07, 6.45) is -13.4. The van der Waals surface area contributed by atoms with Gasteiger partial charge in [-0.25, -0.2) is 38.0 Å². The number of aliphatic hydroxyl groups excluding tert-OH is 3. The number of phosphoric ester groups is 3. The van der Waals surface area contributed by atoms with Crippen molar-refractivity contribution in [2.45, 2.75) is 93.7 Å². The maximum absolute atomic E-state index is 13.5. The van der Waals surface area contributed by atoms with Crippen molar-refractivity contribution in [3.05, 3.63) is 62.4 Å². The summed E-state index contributed by atoms with van der Waals surface area (Å²) in [7, 11) is -21.3. The first-order chi connectivity index (χ1) is 37.1. The van der Waals surface area contributed by atoms with Crippen LogP contribution in [0, 0.1) is 5.92 Å². The van der Waals surface area contributed by atoms with Crippen LogP contribution in [0.25, 0.3) is 22.3 Å². The molecule has 5 aromatic rings. The molecule has 8 rings (SSSR count). The molecule has 0 bridgehead atoms. The molecule has 1 amide bonds. The number of hydrogen-bond donors (Lipinski definition) is 11. The van der Waals surface area contributed by atoms with Crippen LogP contribution < -0.4 is 43.1 Å². The van der Waals surface area contributed by atoms with Crippen LogP contribution in [0.15, 0.2) is 45.6 Å². The largest absolute Gasteiger partial charge is 0.756 e. The van der Waals surface area contributed by atoms with Gasteiger partial charge in [-0.15, -0.1) is 0 Å². The lowest BCUT2D eigenvalue weighted by molar-refractivity contribution is -0.745. The zero-order valence-electron chi connectivity index (χ0n) is 41.2. The van der Waals surface area contributed by atoms with Gasteiger partial charge < -0.3 is 79.7 Å². The second-order valence-electron chi connectivity index (χ2n) is 17.8. The molecule has 13 N–H and O–H groups in total. The van der Waals surface area contributed by atoms with Crippen LogP contribution in [0.5, 0.6) is 0 Å². The number of carbonyl (C=O) groups is 1. The second-order valence-corrected chi connectivity index (χ2v) is 23.8. The minimum Gasteiger partial charge on any atom is -0.756 e.